The molecule has 0 unspecified atom stereocenters. The number of nitrogens with zero attached hydrogens (tertiary/aromatic N) is 1. The molecule has 94 valence electrons. The van der Waals surface area contributed by atoms with E-state index in [1.54, 1.807) is 13.0 Å². The third-order valence-corrected chi connectivity index (χ3v) is 2.30. The molecule has 0 saturated heterocycles. The predicted molar refractivity (Wildman–Crippen MR) is 61.3 cm³/mol. The number of hydrogen-bond acceptors (Lipinski definition) is 3. The van der Waals surface area contributed by atoms with Gasteiger partial charge in [-0.1, -0.05) is 6.07 Å². The molecule has 0 aliphatic carbocycles. The summed E-state index contributed by atoms with van der Waals surface area (Å²) in [7, 11) is 0. The van der Waals surface area contributed by atoms with Crippen molar-refractivity contribution in [1.29, 1.82) is 0 Å². The van der Waals surface area contributed by atoms with Crippen molar-refractivity contribution in [3.63, 3.8) is 0 Å². The molecule has 1 heterocycles. The van der Waals surface area contributed by atoms with Crippen LogP contribution in [0.4, 0.5) is 8.78 Å². The molecule has 0 fully saturated rings. The van der Waals surface area contributed by atoms with E-state index in [1.165, 1.54) is 18.2 Å². The van der Waals surface area contributed by atoms with Crippen LogP contribution in [-0.4, -0.2) is 10.1 Å². The van der Waals surface area contributed by atoms with E-state index in [9.17, 15) is 8.78 Å². The molecule has 2 aromatic rings. The van der Waals surface area contributed by atoms with Gasteiger partial charge < -0.3 is 9.84 Å². The van der Waals surface area contributed by atoms with E-state index in [2.05, 4.69) is 4.98 Å². The van der Waals surface area contributed by atoms with Crippen molar-refractivity contribution in [3.05, 3.63) is 53.2 Å². The van der Waals surface area contributed by atoms with E-state index in [0.717, 1.165) is 6.07 Å². The van der Waals surface area contributed by atoms with Gasteiger partial charge in [0.05, 0.1) is 6.61 Å². The third-order valence-electron chi connectivity index (χ3n) is 2.30. The first-order valence-corrected chi connectivity index (χ1v) is 5.30. The van der Waals surface area contributed by atoms with Crippen LogP contribution in [0.3, 0.4) is 0 Å². The van der Waals surface area contributed by atoms with Gasteiger partial charge in [0.15, 0.2) is 11.6 Å². The summed E-state index contributed by atoms with van der Waals surface area (Å²) in [5.41, 5.74) is 1.21. The van der Waals surface area contributed by atoms with Gasteiger partial charge in [-0.25, -0.2) is 9.37 Å². The average Bonchev–Trinajstić information content (AvgIpc) is 2.34. The molecule has 0 radical (unpaired) electrons. The normalized spacial score (nSPS) is 10.4. The Morgan fingerprint density at radius 1 is 1.28 bits per heavy atom. The van der Waals surface area contributed by atoms with E-state index in [-0.39, 0.29) is 18.2 Å². The highest BCUT2D eigenvalue weighted by Gasteiger charge is 2.10. The van der Waals surface area contributed by atoms with Crippen LogP contribution in [0.5, 0.6) is 11.6 Å². The monoisotopic (exact) mass is 251 g/mol. The summed E-state index contributed by atoms with van der Waals surface area (Å²) in [4.78, 5) is 4.03. The van der Waals surface area contributed by atoms with Gasteiger partial charge >= 0.3 is 0 Å². The Bertz CT molecular complexity index is 573. The Morgan fingerprint density at radius 3 is 2.78 bits per heavy atom. The summed E-state index contributed by atoms with van der Waals surface area (Å²) in [5, 5.41) is 9.03. The number of pyridine rings is 1. The summed E-state index contributed by atoms with van der Waals surface area (Å²) in [5.74, 6) is -2.17. The smallest absolute Gasteiger partial charge is 0.219 e. The van der Waals surface area contributed by atoms with Crippen LogP contribution >= 0.6 is 0 Å². The SMILES string of the molecule is Cc1cc(CO)cc(Oc2cccc(F)c2F)n1. The number of aromatic nitrogens is 1. The first kappa shape index (κ1) is 12.4. The molecule has 0 aliphatic heterocycles. The van der Waals surface area contributed by atoms with Gasteiger partial charge in [0, 0.05) is 11.8 Å². The lowest BCUT2D eigenvalue weighted by molar-refractivity contribution is 0.280. The van der Waals surface area contributed by atoms with Crippen LogP contribution in [-0.2, 0) is 6.61 Å². The molecule has 18 heavy (non-hydrogen) atoms. The molecule has 0 atom stereocenters. The number of hydrogen-bond donors (Lipinski definition) is 1. The van der Waals surface area contributed by atoms with Gasteiger partial charge in [0.2, 0.25) is 11.7 Å². The molecule has 1 aromatic carbocycles. The topological polar surface area (TPSA) is 42.4 Å². The van der Waals surface area contributed by atoms with Crippen molar-refractivity contribution in [1.82, 2.24) is 4.98 Å². The van der Waals surface area contributed by atoms with E-state index >= 15 is 0 Å². The number of aliphatic hydroxyl groups excluding tert-OH is 1. The molecule has 1 aromatic heterocycles. The van der Waals surface area contributed by atoms with Gasteiger partial charge in [0.1, 0.15) is 0 Å². The first-order valence-electron chi connectivity index (χ1n) is 5.30. The molecule has 0 aliphatic rings. The molecule has 0 saturated carbocycles. The second-order valence-electron chi connectivity index (χ2n) is 3.77. The van der Waals surface area contributed by atoms with E-state index < -0.39 is 11.6 Å². The first-order chi connectivity index (χ1) is 8.60. The minimum Gasteiger partial charge on any atom is -0.436 e. The minimum absolute atomic E-state index is 0.114. The highest BCUT2D eigenvalue weighted by Crippen LogP contribution is 2.25. The summed E-state index contributed by atoms with van der Waals surface area (Å²) in [6.45, 7) is 1.54. The van der Waals surface area contributed by atoms with Gasteiger partial charge in [-0.05, 0) is 30.7 Å². The summed E-state index contributed by atoms with van der Waals surface area (Å²) >= 11 is 0. The third kappa shape index (κ3) is 2.62. The summed E-state index contributed by atoms with van der Waals surface area (Å²) in [6, 6.07) is 6.80. The lowest BCUT2D eigenvalue weighted by Crippen LogP contribution is -1.96. The van der Waals surface area contributed by atoms with Crippen LogP contribution in [0.15, 0.2) is 30.3 Å². The zero-order chi connectivity index (χ0) is 13.1. The maximum absolute atomic E-state index is 13.4. The standard InChI is InChI=1S/C13H11F2NO2/c1-8-5-9(7-17)6-12(16-8)18-11-4-2-3-10(14)13(11)15/h2-6,17H,7H2,1H3. The van der Waals surface area contributed by atoms with Gasteiger partial charge in [-0.15, -0.1) is 0 Å². The summed E-state index contributed by atoms with van der Waals surface area (Å²) < 4.78 is 31.6. The molecule has 1 N–H and O–H groups in total. The van der Waals surface area contributed by atoms with E-state index in [4.69, 9.17) is 9.84 Å². The maximum Gasteiger partial charge on any atom is 0.219 e. The lowest BCUT2D eigenvalue weighted by atomic mass is 10.2. The fourth-order valence-corrected chi connectivity index (χ4v) is 1.53. The molecular weight excluding hydrogens is 240 g/mol. The van der Waals surface area contributed by atoms with Crippen molar-refractivity contribution in [2.75, 3.05) is 0 Å². The number of ether oxygens (including phenoxy) is 1. The van der Waals surface area contributed by atoms with Crippen molar-refractivity contribution >= 4 is 0 Å². The molecule has 0 amide bonds. The van der Waals surface area contributed by atoms with Crippen molar-refractivity contribution in [2.45, 2.75) is 13.5 Å². The number of aryl methyl sites for hydroxylation is 1. The van der Waals surface area contributed by atoms with Crippen molar-refractivity contribution in [2.24, 2.45) is 0 Å². The largest absolute Gasteiger partial charge is 0.436 e. The van der Waals surface area contributed by atoms with E-state index in [0.29, 0.717) is 11.3 Å². The molecule has 2 rings (SSSR count). The maximum atomic E-state index is 13.4. The van der Waals surface area contributed by atoms with Crippen LogP contribution < -0.4 is 4.74 Å². The molecule has 3 nitrogen and oxygen atoms in total. The fraction of sp³-hybridized carbons (Fsp3) is 0.154. The number of aliphatic hydroxyl groups is 1. The molecular formula is C13H11F2NO2. The second-order valence-corrected chi connectivity index (χ2v) is 3.77. The zero-order valence-electron chi connectivity index (χ0n) is 9.65. The lowest BCUT2D eigenvalue weighted by Gasteiger charge is -2.08. The van der Waals surface area contributed by atoms with Crippen LogP contribution in [0.25, 0.3) is 0 Å². The Labute approximate surface area is 103 Å². The summed E-state index contributed by atoms with van der Waals surface area (Å²) in [6.07, 6.45) is 0. The molecule has 0 spiro atoms. The fourth-order valence-electron chi connectivity index (χ4n) is 1.53. The van der Waals surface area contributed by atoms with Crippen molar-refractivity contribution in [3.8, 4) is 11.6 Å². The Balaban J connectivity index is 2.34. The number of rotatable bonds is 3. The average molecular weight is 251 g/mol. The quantitative estimate of drug-likeness (QED) is 0.911. The zero-order valence-corrected chi connectivity index (χ0v) is 9.65. The highest BCUT2D eigenvalue weighted by molar-refractivity contribution is 5.31. The van der Waals surface area contributed by atoms with Crippen LogP contribution in [0.2, 0.25) is 0 Å². The van der Waals surface area contributed by atoms with Crippen LogP contribution in [0, 0.1) is 18.6 Å². The minimum atomic E-state index is -1.06. The Kier molecular flexibility index (Phi) is 3.53. The van der Waals surface area contributed by atoms with E-state index in [1.807, 2.05) is 0 Å². The van der Waals surface area contributed by atoms with Gasteiger partial charge in [0.25, 0.3) is 0 Å². The number of benzene rings is 1. The second kappa shape index (κ2) is 5.10. The molecule has 5 heteroatoms. The van der Waals surface area contributed by atoms with Crippen LogP contribution in [0.1, 0.15) is 11.3 Å². The highest BCUT2D eigenvalue weighted by atomic mass is 19.2. The number of halogens is 2. The van der Waals surface area contributed by atoms with Gasteiger partial charge in [-0.2, -0.15) is 4.39 Å². The Morgan fingerprint density at radius 2 is 2.06 bits per heavy atom. The predicted octanol–water partition coefficient (Wildman–Crippen LogP) is 2.95. The van der Waals surface area contributed by atoms with Gasteiger partial charge in [-0.3, -0.25) is 0 Å². The Hall–Kier alpha value is -2.01. The van der Waals surface area contributed by atoms with Crippen molar-refractivity contribution < 1.29 is 18.6 Å². The molecule has 0 bridgehead atoms.